The molecule has 1 heterocycles. The van der Waals surface area contributed by atoms with Gasteiger partial charge in [0, 0.05) is 6.00 Å². The van der Waals surface area contributed by atoms with Crippen LogP contribution in [0.5, 0.6) is 0 Å². The highest BCUT2D eigenvalue weighted by atomic mass is 19.2. The van der Waals surface area contributed by atoms with Crippen LogP contribution in [0, 0.1) is 0 Å². The minimum absolute atomic E-state index is 1.03. The molecule has 3 N–H and O–H groups in total. The predicted molar refractivity (Wildman–Crippen MR) is 33.6 cm³/mol. The van der Waals surface area contributed by atoms with Crippen molar-refractivity contribution in [1.29, 1.82) is 0 Å². The highest BCUT2D eigenvalue weighted by Gasteiger charge is 2.52. The lowest BCUT2D eigenvalue weighted by molar-refractivity contribution is -0.186. The highest BCUT2D eigenvalue weighted by Crippen LogP contribution is 2.30. The average Bonchev–Trinajstić information content (AvgIpc) is 2.17. The van der Waals surface area contributed by atoms with Crippen LogP contribution in [0.25, 0.3) is 0 Å². The zero-order valence-electron chi connectivity index (χ0n) is 5.64. The van der Waals surface area contributed by atoms with Gasteiger partial charge in [0.2, 0.25) is 0 Å². The first-order valence-corrected chi connectivity index (χ1v) is 3.10. The Morgan fingerprint density at radius 3 is 2.27 bits per heavy atom. The van der Waals surface area contributed by atoms with Crippen LogP contribution in [0.15, 0.2) is 0 Å². The molecule has 1 saturated heterocycles. The third-order valence-corrected chi connectivity index (χ3v) is 1.65. The summed E-state index contributed by atoms with van der Waals surface area (Å²) in [6.45, 7) is -1.03. The van der Waals surface area contributed by atoms with E-state index in [0.717, 1.165) is 0 Å². The Labute approximate surface area is 64.0 Å². The minimum atomic E-state index is -2.63. The Morgan fingerprint density at radius 2 is 2.09 bits per heavy atom. The summed E-state index contributed by atoms with van der Waals surface area (Å²) in [5.74, 6) is -2.63. The van der Waals surface area contributed by atoms with Crippen LogP contribution in [0.3, 0.4) is 0 Å². The van der Waals surface area contributed by atoms with E-state index in [1.54, 1.807) is 0 Å². The second kappa shape index (κ2) is 2.71. The molecule has 1 fully saturated rings. The summed E-state index contributed by atoms with van der Waals surface area (Å²) in [7, 11) is 5.04. The molecule has 0 aromatic heterocycles. The van der Waals surface area contributed by atoms with Crippen molar-refractivity contribution < 1.29 is 24.4 Å². The fourth-order valence-electron chi connectivity index (χ4n) is 0.931. The Bertz CT molecular complexity index is 157. The molecule has 62 valence electrons. The third-order valence-electron chi connectivity index (χ3n) is 1.65. The van der Waals surface area contributed by atoms with Gasteiger partial charge in [0.05, 0.1) is 0 Å². The lowest BCUT2D eigenvalue weighted by Gasteiger charge is -2.19. The zero-order chi connectivity index (χ0) is 8.65. The molecule has 11 heavy (non-hydrogen) atoms. The molecule has 0 spiro atoms. The number of halogens is 1. The molecule has 2 radical (unpaired) electrons. The Morgan fingerprint density at radius 1 is 1.55 bits per heavy atom. The molecule has 1 unspecified atom stereocenters. The molecule has 1 aliphatic heterocycles. The van der Waals surface area contributed by atoms with E-state index in [1.165, 1.54) is 0 Å². The molecule has 0 saturated carbocycles. The van der Waals surface area contributed by atoms with Crippen molar-refractivity contribution in [1.82, 2.24) is 0 Å². The van der Waals surface area contributed by atoms with Crippen LogP contribution in [-0.2, 0) is 4.74 Å². The maximum atomic E-state index is 13.0. The van der Waals surface area contributed by atoms with Crippen LogP contribution in [0.2, 0.25) is 0 Å². The monoisotopic (exact) mass is 162 g/mol. The van der Waals surface area contributed by atoms with Gasteiger partial charge in [-0.3, -0.25) is 0 Å². The Hall–Kier alpha value is -0.165. The number of alkyl halides is 1. The number of ether oxygens (including phenoxy) is 1. The van der Waals surface area contributed by atoms with Gasteiger partial charge in [-0.1, -0.05) is 0 Å². The van der Waals surface area contributed by atoms with E-state index in [1.807, 2.05) is 0 Å². The van der Waals surface area contributed by atoms with E-state index < -0.39 is 30.7 Å². The van der Waals surface area contributed by atoms with Gasteiger partial charge in [0.15, 0.2) is 0 Å². The number of rotatable bonds is 1. The van der Waals surface area contributed by atoms with Crippen molar-refractivity contribution in [2.45, 2.75) is 24.1 Å². The predicted octanol–water partition coefficient (Wildman–Crippen LogP) is -2.11. The molecule has 0 bridgehead atoms. The van der Waals surface area contributed by atoms with Gasteiger partial charge in [0.25, 0.3) is 5.85 Å². The number of aliphatic hydroxyl groups is 3. The maximum Gasteiger partial charge on any atom is 0.260 e. The Kier molecular flexibility index (Phi) is 2.20. The minimum Gasteiger partial charge on any atom is -0.390 e. The van der Waals surface area contributed by atoms with Crippen molar-refractivity contribution >= 4 is 7.85 Å². The zero-order valence-corrected chi connectivity index (χ0v) is 5.64. The Balaban J connectivity index is 2.73. The van der Waals surface area contributed by atoms with Gasteiger partial charge in [-0.25, -0.2) is 4.39 Å². The maximum absolute atomic E-state index is 13.0. The van der Waals surface area contributed by atoms with Crippen molar-refractivity contribution in [3.05, 3.63) is 0 Å². The topological polar surface area (TPSA) is 69.9 Å². The number of hydrogen-bond donors (Lipinski definition) is 3. The molecule has 1 rings (SSSR count). The first kappa shape index (κ1) is 8.93. The summed E-state index contributed by atoms with van der Waals surface area (Å²) in [4.78, 5) is 0. The van der Waals surface area contributed by atoms with E-state index in [4.69, 9.17) is 23.2 Å². The van der Waals surface area contributed by atoms with E-state index >= 15 is 0 Å². The second-order valence-electron chi connectivity index (χ2n) is 2.46. The molecule has 0 aliphatic carbocycles. The first-order valence-electron chi connectivity index (χ1n) is 3.10. The summed E-state index contributed by atoms with van der Waals surface area (Å²) in [6, 6.07) is -1.29. The van der Waals surface area contributed by atoms with Crippen molar-refractivity contribution in [3.63, 3.8) is 0 Å². The standard InChI is InChI=1S/C5H8BFO4/c6-4-2(9)3(10)5(7,1-8)11-4/h2-4,8-10H,1H2/t2-,3?,4+,5+/m0/s1. The molecule has 0 aromatic rings. The van der Waals surface area contributed by atoms with Crippen LogP contribution in [-0.4, -0.2) is 53.8 Å². The summed E-state index contributed by atoms with van der Waals surface area (Å²) in [5.41, 5.74) is 0. The van der Waals surface area contributed by atoms with Gasteiger partial charge in [-0.2, -0.15) is 0 Å². The SMILES string of the molecule is [B][C@@H]1O[C@](F)(CO)C(O)[C@@H]1O. The van der Waals surface area contributed by atoms with Crippen LogP contribution >= 0.6 is 0 Å². The molecule has 4 atom stereocenters. The average molecular weight is 162 g/mol. The van der Waals surface area contributed by atoms with Crippen molar-refractivity contribution in [2.24, 2.45) is 0 Å². The molecule has 0 aromatic carbocycles. The van der Waals surface area contributed by atoms with Crippen molar-refractivity contribution in [3.8, 4) is 0 Å². The lowest BCUT2D eigenvalue weighted by Crippen LogP contribution is -2.42. The normalized spacial score (nSPS) is 51.5. The first-order chi connectivity index (χ1) is 5.01. The van der Waals surface area contributed by atoms with Gasteiger partial charge in [-0.15, -0.1) is 0 Å². The van der Waals surface area contributed by atoms with Gasteiger partial charge < -0.3 is 20.1 Å². The molecule has 4 nitrogen and oxygen atoms in total. The summed E-state index contributed by atoms with van der Waals surface area (Å²) in [6.07, 6.45) is -3.28. The lowest BCUT2D eigenvalue weighted by atomic mass is 9.93. The van der Waals surface area contributed by atoms with Crippen LogP contribution in [0.1, 0.15) is 0 Å². The fraction of sp³-hybridized carbons (Fsp3) is 1.00. The molecule has 1 aliphatic rings. The van der Waals surface area contributed by atoms with Crippen LogP contribution in [0.4, 0.5) is 4.39 Å². The quantitative estimate of drug-likeness (QED) is 0.386. The largest absolute Gasteiger partial charge is 0.390 e. The summed E-state index contributed by atoms with van der Waals surface area (Å²) in [5, 5.41) is 26.2. The molecular weight excluding hydrogens is 154 g/mol. The van der Waals surface area contributed by atoms with Gasteiger partial charge in [-0.05, 0) is 0 Å². The van der Waals surface area contributed by atoms with E-state index in [0.29, 0.717) is 0 Å². The van der Waals surface area contributed by atoms with E-state index in [-0.39, 0.29) is 0 Å². The third kappa shape index (κ3) is 1.27. The van der Waals surface area contributed by atoms with E-state index in [9.17, 15) is 4.39 Å². The molecular formula is C5H8BFO4. The van der Waals surface area contributed by atoms with Gasteiger partial charge in [0.1, 0.15) is 26.7 Å². The number of aliphatic hydroxyl groups excluding tert-OH is 3. The summed E-state index contributed by atoms with van der Waals surface area (Å²) >= 11 is 0. The van der Waals surface area contributed by atoms with Gasteiger partial charge >= 0.3 is 0 Å². The smallest absolute Gasteiger partial charge is 0.260 e. The molecule has 0 amide bonds. The van der Waals surface area contributed by atoms with Crippen LogP contribution < -0.4 is 0 Å². The summed E-state index contributed by atoms with van der Waals surface area (Å²) < 4.78 is 17.3. The second-order valence-corrected chi connectivity index (χ2v) is 2.46. The highest BCUT2D eigenvalue weighted by molar-refractivity contribution is 6.11. The van der Waals surface area contributed by atoms with Crippen molar-refractivity contribution in [2.75, 3.05) is 6.61 Å². The van der Waals surface area contributed by atoms with E-state index in [2.05, 4.69) is 4.74 Å². The fourth-order valence-corrected chi connectivity index (χ4v) is 0.931. The molecule has 6 heteroatoms. The number of hydrogen-bond acceptors (Lipinski definition) is 4.